The molecule has 15 heavy (non-hydrogen) atoms. The Morgan fingerprint density at radius 1 is 1.40 bits per heavy atom. The molecule has 3 heteroatoms. The first-order valence-corrected chi connectivity index (χ1v) is 5.45. The fourth-order valence-corrected chi connectivity index (χ4v) is 1.12. The number of nitrogens with zero attached hydrogens (tertiary/aromatic N) is 1. The van der Waals surface area contributed by atoms with Crippen molar-refractivity contribution < 1.29 is 4.79 Å². The molecule has 0 radical (unpaired) electrons. The van der Waals surface area contributed by atoms with Gasteiger partial charge in [0, 0.05) is 13.2 Å². The molecule has 0 saturated carbocycles. The van der Waals surface area contributed by atoms with Crippen molar-refractivity contribution in [1.29, 1.82) is 0 Å². The van der Waals surface area contributed by atoms with E-state index in [1.54, 1.807) is 19.3 Å². The Kier molecular flexibility index (Phi) is 7.24. The fraction of sp³-hybridized carbons (Fsp3) is 0.500. The first kappa shape index (κ1) is 13.6. The first-order chi connectivity index (χ1) is 7.27. The highest BCUT2D eigenvalue weighted by Crippen LogP contribution is 2.02. The van der Waals surface area contributed by atoms with E-state index >= 15 is 0 Å². The predicted octanol–water partition coefficient (Wildman–Crippen LogP) is 2.42. The molecule has 84 valence electrons. The van der Waals surface area contributed by atoms with Crippen LogP contribution < -0.4 is 5.32 Å². The average molecular weight is 208 g/mol. The molecule has 0 fully saturated rings. The van der Waals surface area contributed by atoms with Crippen molar-refractivity contribution in [2.75, 3.05) is 7.05 Å². The minimum absolute atomic E-state index is 0.136. The molecule has 1 aromatic heterocycles. The minimum atomic E-state index is -0.136. The molecule has 0 atom stereocenters. The maximum Gasteiger partial charge on any atom is 0.269 e. The second-order valence-corrected chi connectivity index (χ2v) is 2.88. The van der Waals surface area contributed by atoms with Crippen LogP contribution in [-0.2, 0) is 6.42 Å². The van der Waals surface area contributed by atoms with Crippen LogP contribution in [0.1, 0.15) is 43.2 Å². The third-order valence-corrected chi connectivity index (χ3v) is 1.82. The Morgan fingerprint density at radius 2 is 2.07 bits per heavy atom. The molecule has 0 aliphatic rings. The van der Waals surface area contributed by atoms with Gasteiger partial charge in [0.05, 0.1) is 0 Å². The van der Waals surface area contributed by atoms with E-state index in [1.807, 2.05) is 19.9 Å². The van der Waals surface area contributed by atoms with Gasteiger partial charge < -0.3 is 5.32 Å². The van der Waals surface area contributed by atoms with Gasteiger partial charge in [0.15, 0.2) is 0 Å². The van der Waals surface area contributed by atoms with E-state index in [4.69, 9.17) is 0 Å². The molecular formula is C12H20N2O. The van der Waals surface area contributed by atoms with Crippen molar-refractivity contribution in [2.24, 2.45) is 0 Å². The molecular weight excluding hydrogens is 188 g/mol. The van der Waals surface area contributed by atoms with Crippen LogP contribution in [0.2, 0.25) is 0 Å². The van der Waals surface area contributed by atoms with Gasteiger partial charge in [0.25, 0.3) is 5.91 Å². The number of amides is 1. The third-order valence-electron chi connectivity index (χ3n) is 1.82. The molecule has 0 aliphatic carbocycles. The fourth-order valence-electron chi connectivity index (χ4n) is 1.12. The Balaban J connectivity index is 0.000000921. The van der Waals surface area contributed by atoms with Crippen molar-refractivity contribution in [3.05, 3.63) is 29.6 Å². The molecule has 0 bridgehead atoms. The Hall–Kier alpha value is -1.38. The Morgan fingerprint density at radius 3 is 2.47 bits per heavy atom. The van der Waals surface area contributed by atoms with Crippen molar-refractivity contribution in [3.63, 3.8) is 0 Å². The van der Waals surface area contributed by atoms with Crippen LogP contribution in [0.15, 0.2) is 18.3 Å². The summed E-state index contributed by atoms with van der Waals surface area (Å²) in [6.45, 7) is 6.12. The summed E-state index contributed by atoms with van der Waals surface area (Å²) in [6, 6.07) is 3.70. The number of nitrogens with one attached hydrogen (secondary N) is 1. The molecule has 0 unspecified atom stereocenters. The summed E-state index contributed by atoms with van der Waals surface area (Å²) < 4.78 is 0. The summed E-state index contributed by atoms with van der Waals surface area (Å²) in [7, 11) is 1.60. The number of rotatable bonds is 3. The lowest BCUT2D eigenvalue weighted by atomic mass is 10.1. The van der Waals surface area contributed by atoms with Crippen LogP contribution in [0, 0.1) is 0 Å². The quantitative estimate of drug-likeness (QED) is 0.829. The van der Waals surface area contributed by atoms with E-state index in [9.17, 15) is 4.79 Å². The highest BCUT2D eigenvalue weighted by molar-refractivity contribution is 5.91. The molecule has 1 rings (SSSR count). The van der Waals surface area contributed by atoms with E-state index in [-0.39, 0.29) is 5.91 Å². The Bertz CT molecular complexity index is 280. The maximum atomic E-state index is 11.1. The van der Waals surface area contributed by atoms with Gasteiger partial charge in [-0.25, -0.2) is 0 Å². The maximum absolute atomic E-state index is 11.1. The van der Waals surface area contributed by atoms with Gasteiger partial charge in [-0.15, -0.1) is 0 Å². The summed E-state index contributed by atoms with van der Waals surface area (Å²) in [4.78, 5) is 15.2. The SMILES string of the molecule is CC.CCCc1ccc(C(=O)NC)nc1. The van der Waals surface area contributed by atoms with Crippen molar-refractivity contribution >= 4 is 5.91 Å². The summed E-state index contributed by atoms with van der Waals surface area (Å²) in [5, 5.41) is 2.53. The van der Waals surface area contributed by atoms with E-state index in [0.29, 0.717) is 5.69 Å². The van der Waals surface area contributed by atoms with Crippen LogP contribution in [-0.4, -0.2) is 17.9 Å². The van der Waals surface area contributed by atoms with Crippen molar-refractivity contribution in [3.8, 4) is 0 Å². The number of aromatic nitrogens is 1. The van der Waals surface area contributed by atoms with Crippen molar-refractivity contribution in [2.45, 2.75) is 33.6 Å². The summed E-state index contributed by atoms with van der Waals surface area (Å²) in [6.07, 6.45) is 3.87. The van der Waals surface area contributed by atoms with Gasteiger partial charge in [-0.05, 0) is 18.1 Å². The normalized spacial score (nSPS) is 8.80. The smallest absolute Gasteiger partial charge is 0.269 e. The van der Waals surface area contributed by atoms with E-state index < -0.39 is 0 Å². The predicted molar refractivity (Wildman–Crippen MR) is 63.0 cm³/mol. The number of hydrogen-bond donors (Lipinski definition) is 1. The van der Waals surface area contributed by atoms with Crippen molar-refractivity contribution in [1.82, 2.24) is 10.3 Å². The summed E-state index contributed by atoms with van der Waals surface area (Å²) >= 11 is 0. The molecule has 0 saturated heterocycles. The summed E-state index contributed by atoms with van der Waals surface area (Å²) in [5.74, 6) is -0.136. The van der Waals surface area contributed by atoms with Gasteiger partial charge in [-0.2, -0.15) is 0 Å². The lowest BCUT2D eigenvalue weighted by Crippen LogP contribution is -2.19. The first-order valence-electron chi connectivity index (χ1n) is 5.45. The molecule has 0 spiro atoms. The second kappa shape index (κ2) is 7.97. The zero-order chi connectivity index (χ0) is 11.7. The molecule has 0 aliphatic heterocycles. The average Bonchev–Trinajstić information content (AvgIpc) is 2.32. The lowest BCUT2D eigenvalue weighted by Gasteiger charge is -2.00. The third kappa shape index (κ3) is 4.58. The molecule has 1 amide bonds. The van der Waals surface area contributed by atoms with E-state index in [1.165, 1.54) is 5.56 Å². The number of aryl methyl sites for hydroxylation is 1. The van der Waals surface area contributed by atoms with Gasteiger partial charge in [-0.1, -0.05) is 33.3 Å². The van der Waals surface area contributed by atoms with Crippen LogP contribution in [0.25, 0.3) is 0 Å². The van der Waals surface area contributed by atoms with Gasteiger partial charge in [0.2, 0.25) is 0 Å². The molecule has 1 heterocycles. The molecule has 1 aromatic rings. The summed E-state index contributed by atoms with van der Waals surface area (Å²) in [5.41, 5.74) is 1.65. The monoisotopic (exact) mass is 208 g/mol. The van der Waals surface area contributed by atoms with Crippen LogP contribution in [0.3, 0.4) is 0 Å². The number of pyridine rings is 1. The molecule has 3 nitrogen and oxygen atoms in total. The second-order valence-electron chi connectivity index (χ2n) is 2.88. The highest BCUT2D eigenvalue weighted by Gasteiger charge is 2.02. The zero-order valence-electron chi connectivity index (χ0n) is 10.0. The topological polar surface area (TPSA) is 42.0 Å². The largest absolute Gasteiger partial charge is 0.354 e. The number of hydrogen-bond acceptors (Lipinski definition) is 2. The molecule has 1 N–H and O–H groups in total. The van der Waals surface area contributed by atoms with E-state index in [0.717, 1.165) is 12.8 Å². The van der Waals surface area contributed by atoms with Gasteiger partial charge in [0.1, 0.15) is 5.69 Å². The van der Waals surface area contributed by atoms with Crippen LogP contribution >= 0.6 is 0 Å². The number of carbonyl (C=O) groups is 1. The van der Waals surface area contributed by atoms with Gasteiger partial charge >= 0.3 is 0 Å². The lowest BCUT2D eigenvalue weighted by molar-refractivity contribution is 0.0958. The minimum Gasteiger partial charge on any atom is -0.354 e. The van der Waals surface area contributed by atoms with Crippen LogP contribution in [0.4, 0.5) is 0 Å². The zero-order valence-corrected chi connectivity index (χ0v) is 10.0. The number of carbonyl (C=O) groups excluding carboxylic acids is 1. The van der Waals surface area contributed by atoms with Crippen LogP contribution in [0.5, 0.6) is 0 Å². The van der Waals surface area contributed by atoms with E-state index in [2.05, 4.69) is 17.2 Å². The standard InChI is InChI=1S/C10H14N2O.C2H6/c1-3-4-8-5-6-9(12-7-8)10(13)11-2;1-2/h5-7H,3-4H2,1-2H3,(H,11,13);1-2H3. The highest BCUT2D eigenvalue weighted by atomic mass is 16.1. The van der Waals surface area contributed by atoms with Gasteiger partial charge in [-0.3, -0.25) is 9.78 Å². The Labute approximate surface area is 91.9 Å². The molecule has 0 aromatic carbocycles.